The predicted octanol–water partition coefficient (Wildman–Crippen LogP) is 4.02. The van der Waals surface area contributed by atoms with Crippen molar-refractivity contribution in [3.8, 4) is 0 Å². The van der Waals surface area contributed by atoms with E-state index in [1.54, 1.807) is 12.1 Å². The summed E-state index contributed by atoms with van der Waals surface area (Å²) < 4.78 is 25.1. The van der Waals surface area contributed by atoms with Gasteiger partial charge in [-0.25, -0.2) is 13.6 Å². The standard InChI is InChI=1S/C7H5FN2.C6H5ClFN/c1-10-6-4-2-3-5(9)7(6)8;7-4-2-1-3-5(9)6(4)8/h2-4H,9H2;1-3H,9H2. The van der Waals surface area contributed by atoms with Gasteiger partial charge in [0.2, 0.25) is 5.69 Å². The number of nitrogen functional groups attached to an aromatic ring is 2. The van der Waals surface area contributed by atoms with Gasteiger partial charge in [0.1, 0.15) is 0 Å². The summed E-state index contributed by atoms with van der Waals surface area (Å²) >= 11 is 5.36. The summed E-state index contributed by atoms with van der Waals surface area (Å²) in [6, 6.07) is 8.86. The smallest absolute Gasteiger partial charge is 0.224 e. The van der Waals surface area contributed by atoms with Crippen molar-refractivity contribution in [3.05, 3.63) is 64.5 Å². The number of benzene rings is 2. The zero-order valence-corrected chi connectivity index (χ0v) is 10.5. The minimum atomic E-state index is -0.627. The fourth-order valence-corrected chi connectivity index (χ4v) is 1.33. The van der Waals surface area contributed by atoms with Gasteiger partial charge in [0.15, 0.2) is 11.6 Å². The molecule has 0 fully saturated rings. The Balaban J connectivity index is 0.000000191. The van der Waals surface area contributed by atoms with E-state index in [2.05, 4.69) is 4.85 Å². The van der Waals surface area contributed by atoms with E-state index in [0.717, 1.165) is 0 Å². The molecule has 0 radical (unpaired) electrons. The Morgan fingerprint density at radius 1 is 0.947 bits per heavy atom. The first kappa shape index (κ1) is 14.7. The molecule has 0 aromatic heterocycles. The largest absolute Gasteiger partial charge is 0.397 e. The van der Waals surface area contributed by atoms with Gasteiger partial charge in [-0.2, -0.15) is 0 Å². The van der Waals surface area contributed by atoms with Crippen molar-refractivity contribution in [2.45, 2.75) is 0 Å². The van der Waals surface area contributed by atoms with Crippen LogP contribution >= 0.6 is 11.6 Å². The highest BCUT2D eigenvalue weighted by atomic mass is 35.5. The van der Waals surface area contributed by atoms with Crippen LogP contribution in [0, 0.1) is 18.2 Å². The number of hydrogen-bond acceptors (Lipinski definition) is 2. The van der Waals surface area contributed by atoms with Gasteiger partial charge in [0, 0.05) is 0 Å². The number of nitrogens with two attached hydrogens (primary N) is 2. The van der Waals surface area contributed by atoms with Crippen LogP contribution in [0.3, 0.4) is 0 Å². The van der Waals surface area contributed by atoms with E-state index in [0.29, 0.717) is 0 Å². The van der Waals surface area contributed by atoms with Gasteiger partial charge >= 0.3 is 0 Å². The monoisotopic (exact) mass is 281 g/mol. The molecule has 2 rings (SSSR count). The van der Waals surface area contributed by atoms with E-state index in [1.165, 1.54) is 24.3 Å². The molecule has 0 aliphatic rings. The van der Waals surface area contributed by atoms with Gasteiger partial charge < -0.3 is 11.5 Å². The predicted molar refractivity (Wildman–Crippen MR) is 72.9 cm³/mol. The summed E-state index contributed by atoms with van der Waals surface area (Å²) in [4.78, 5) is 2.93. The first-order chi connectivity index (χ1) is 8.97. The molecule has 4 N–H and O–H groups in total. The molecule has 2 aromatic carbocycles. The Bertz CT molecular complexity index is 604. The normalized spacial score (nSPS) is 9.16. The third kappa shape index (κ3) is 3.83. The average molecular weight is 282 g/mol. The molecule has 0 heterocycles. The molecule has 3 nitrogen and oxygen atoms in total. The topological polar surface area (TPSA) is 56.4 Å². The summed E-state index contributed by atoms with van der Waals surface area (Å²) in [5, 5.41) is 0.0648. The van der Waals surface area contributed by atoms with Crippen LogP contribution in [0.1, 0.15) is 0 Å². The van der Waals surface area contributed by atoms with Crippen molar-refractivity contribution in [3.63, 3.8) is 0 Å². The second kappa shape index (κ2) is 6.57. The molecule has 0 saturated carbocycles. The Kier molecular flexibility index (Phi) is 5.10. The first-order valence-electron chi connectivity index (χ1n) is 5.08. The van der Waals surface area contributed by atoms with Gasteiger partial charge in [-0.15, -0.1) is 0 Å². The van der Waals surface area contributed by atoms with E-state index < -0.39 is 11.6 Å². The number of rotatable bonds is 0. The summed E-state index contributed by atoms with van der Waals surface area (Å²) in [5.74, 6) is -1.17. The summed E-state index contributed by atoms with van der Waals surface area (Å²) in [5.41, 5.74) is 10.4. The van der Waals surface area contributed by atoms with Crippen LogP contribution in [0.4, 0.5) is 25.8 Å². The highest BCUT2D eigenvalue weighted by molar-refractivity contribution is 6.31. The third-order valence-corrected chi connectivity index (χ3v) is 2.40. The highest BCUT2D eigenvalue weighted by Crippen LogP contribution is 2.21. The number of halogens is 3. The zero-order chi connectivity index (χ0) is 14.4. The molecule has 0 aliphatic heterocycles. The van der Waals surface area contributed by atoms with Crippen LogP contribution < -0.4 is 11.5 Å². The van der Waals surface area contributed by atoms with Crippen LogP contribution in [0.5, 0.6) is 0 Å². The van der Waals surface area contributed by atoms with Crippen LogP contribution in [0.15, 0.2) is 36.4 Å². The lowest BCUT2D eigenvalue weighted by Gasteiger charge is -1.95. The van der Waals surface area contributed by atoms with Gasteiger partial charge in [-0.3, -0.25) is 0 Å². The molecule has 0 unspecified atom stereocenters. The lowest BCUT2D eigenvalue weighted by molar-refractivity contribution is 0.633. The van der Waals surface area contributed by atoms with Crippen molar-refractivity contribution < 1.29 is 8.78 Å². The number of hydrogen-bond donors (Lipinski definition) is 2. The van der Waals surface area contributed by atoms with Crippen LogP contribution in [-0.2, 0) is 0 Å². The van der Waals surface area contributed by atoms with Gasteiger partial charge in [0.05, 0.1) is 23.0 Å². The molecule has 0 aliphatic carbocycles. The van der Waals surface area contributed by atoms with E-state index in [4.69, 9.17) is 29.6 Å². The van der Waals surface area contributed by atoms with E-state index in [-0.39, 0.29) is 22.1 Å². The maximum absolute atomic E-state index is 12.7. The highest BCUT2D eigenvalue weighted by Gasteiger charge is 2.02. The van der Waals surface area contributed by atoms with Crippen LogP contribution in [0.2, 0.25) is 5.02 Å². The van der Waals surface area contributed by atoms with Crippen molar-refractivity contribution in [1.82, 2.24) is 0 Å². The molecule has 19 heavy (non-hydrogen) atoms. The zero-order valence-electron chi connectivity index (χ0n) is 9.70. The fourth-order valence-electron chi connectivity index (χ4n) is 1.14. The molecule has 0 saturated heterocycles. The van der Waals surface area contributed by atoms with Crippen molar-refractivity contribution in [2.24, 2.45) is 0 Å². The molecular formula is C13H10ClF2N3. The van der Waals surface area contributed by atoms with Crippen molar-refractivity contribution >= 4 is 28.7 Å². The molecule has 6 heteroatoms. The molecule has 0 bridgehead atoms. The SMILES string of the molecule is Nc1cccc(Cl)c1F.[C-]#[N+]c1cccc(N)c1F. The van der Waals surface area contributed by atoms with Crippen LogP contribution in [-0.4, -0.2) is 0 Å². The molecular weight excluding hydrogens is 272 g/mol. The summed E-state index contributed by atoms with van der Waals surface area (Å²) in [6.07, 6.45) is 0. The quantitative estimate of drug-likeness (QED) is 0.566. The minimum absolute atomic E-state index is 0.0218. The molecule has 0 amide bonds. The number of nitrogens with zero attached hydrogens (tertiary/aromatic N) is 1. The van der Waals surface area contributed by atoms with Gasteiger partial charge in [0.25, 0.3) is 0 Å². The van der Waals surface area contributed by atoms with E-state index in [9.17, 15) is 8.78 Å². The third-order valence-electron chi connectivity index (χ3n) is 2.11. The maximum Gasteiger partial charge on any atom is 0.224 e. The lowest BCUT2D eigenvalue weighted by Crippen LogP contribution is -1.89. The van der Waals surface area contributed by atoms with Crippen molar-refractivity contribution in [2.75, 3.05) is 11.5 Å². The fraction of sp³-hybridized carbons (Fsp3) is 0. The van der Waals surface area contributed by atoms with Crippen molar-refractivity contribution in [1.29, 1.82) is 0 Å². The molecule has 0 atom stereocenters. The van der Waals surface area contributed by atoms with Gasteiger partial charge in [-0.05, 0) is 18.2 Å². The molecule has 0 spiro atoms. The Morgan fingerprint density at radius 2 is 1.47 bits per heavy atom. The molecule has 98 valence electrons. The summed E-state index contributed by atoms with van der Waals surface area (Å²) in [6.45, 7) is 6.51. The van der Waals surface area contributed by atoms with E-state index in [1.807, 2.05) is 0 Å². The van der Waals surface area contributed by atoms with Gasteiger partial charge in [-0.1, -0.05) is 29.8 Å². The maximum atomic E-state index is 12.7. The Labute approximate surface area is 114 Å². The minimum Gasteiger partial charge on any atom is -0.397 e. The van der Waals surface area contributed by atoms with Crippen LogP contribution in [0.25, 0.3) is 4.85 Å². The Morgan fingerprint density at radius 3 is 1.89 bits per heavy atom. The average Bonchev–Trinajstić information content (AvgIpc) is 2.40. The molecule has 2 aromatic rings. The Hall–Kier alpha value is -2.32. The number of anilines is 2. The lowest BCUT2D eigenvalue weighted by atomic mass is 10.3. The first-order valence-corrected chi connectivity index (χ1v) is 5.46. The second-order valence-electron chi connectivity index (χ2n) is 3.44. The van der Waals surface area contributed by atoms with E-state index >= 15 is 0 Å². The summed E-state index contributed by atoms with van der Waals surface area (Å²) in [7, 11) is 0. The second-order valence-corrected chi connectivity index (χ2v) is 3.84.